The van der Waals surface area contributed by atoms with Gasteiger partial charge in [-0.3, -0.25) is 16.0 Å². The zero-order valence-corrected chi connectivity index (χ0v) is 8.62. The highest BCUT2D eigenvalue weighted by atomic mass is 15.3. The van der Waals surface area contributed by atoms with E-state index < -0.39 is 0 Å². The van der Waals surface area contributed by atoms with Crippen LogP contribution in [0.3, 0.4) is 0 Å². The Labute approximate surface area is 84.5 Å². The van der Waals surface area contributed by atoms with Crippen molar-refractivity contribution < 1.29 is 0 Å². The minimum atomic E-state index is 0.0970. The van der Waals surface area contributed by atoms with Gasteiger partial charge in [0.05, 0.1) is 11.7 Å². The first kappa shape index (κ1) is 10.8. The molecule has 1 heterocycles. The summed E-state index contributed by atoms with van der Waals surface area (Å²) >= 11 is 0. The molecule has 0 saturated carbocycles. The fourth-order valence-electron chi connectivity index (χ4n) is 1.52. The van der Waals surface area contributed by atoms with Crippen molar-refractivity contribution in [3.05, 3.63) is 17.5 Å². The van der Waals surface area contributed by atoms with E-state index in [4.69, 9.17) is 12.3 Å². The molecule has 1 rings (SSSR count). The zero-order chi connectivity index (χ0) is 10.6. The van der Waals surface area contributed by atoms with Crippen LogP contribution < -0.4 is 11.3 Å². The standard InChI is InChI=1S/C10H16N4/c1-4-5-6-10(12-11)9-7-14(3)13-8(9)2/h1,7,10,12H,5-6,11H2,2-3H3. The minimum Gasteiger partial charge on any atom is -0.275 e. The van der Waals surface area contributed by atoms with Crippen LogP contribution in [-0.2, 0) is 7.05 Å². The van der Waals surface area contributed by atoms with E-state index in [0.717, 1.165) is 17.7 Å². The summed E-state index contributed by atoms with van der Waals surface area (Å²) < 4.78 is 1.78. The average Bonchev–Trinajstić information content (AvgIpc) is 2.47. The first-order valence-electron chi connectivity index (χ1n) is 4.58. The largest absolute Gasteiger partial charge is 0.275 e. The first-order valence-corrected chi connectivity index (χ1v) is 4.58. The van der Waals surface area contributed by atoms with E-state index in [9.17, 15) is 0 Å². The van der Waals surface area contributed by atoms with Crippen LogP contribution in [0.2, 0.25) is 0 Å². The van der Waals surface area contributed by atoms with E-state index in [1.54, 1.807) is 4.68 Å². The van der Waals surface area contributed by atoms with Gasteiger partial charge < -0.3 is 0 Å². The zero-order valence-electron chi connectivity index (χ0n) is 8.62. The van der Waals surface area contributed by atoms with Gasteiger partial charge in [0.15, 0.2) is 0 Å². The number of rotatable bonds is 4. The first-order chi connectivity index (χ1) is 6.69. The van der Waals surface area contributed by atoms with Crippen molar-refractivity contribution in [1.29, 1.82) is 0 Å². The molecule has 1 aromatic rings. The molecule has 0 bridgehead atoms. The lowest BCUT2D eigenvalue weighted by Gasteiger charge is -2.13. The number of aryl methyl sites for hydroxylation is 2. The van der Waals surface area contributed by atoms with Gasteiger partial charge in [-0.25, -0.2) is 0 Å². The van der Waals surface area contributed by atoms with Gasteiger partial charge in [-0.2, -0.15) is 5.10 Å². The maximum atomic E-state index is 5.47. The number of hydrogen-bond donors (Lipinski definition) is 2. The van der Waals surface area contributed by atoms with Crippen molar-refractivity contribution in [3.63, 3.8) is 0 Å². The van der Waals surface area contributed by atoms with E-state index in [2.05, 4.69) is 16.4 Å². The molecule has 14 heavy (non-hydrogen) atoms. The molecule has 1 unspecified atom stereocenters. The molecule has 1 aromatic heterocycles. The molecule has 0 fully saturated rings. The van der Waals surface area contributed by atoms with E-state index in [-0.39, 0.29) is 6.04 Å². The van der Waals surface area contributed by atoms with Crippen molar-refractivity contribution in [1.82, 2.24) is 15.2 Å². The Hall–Kier alpha value is -1.31. The molecule has 0 aliphatic rings. The van der Waals surface area contributed by atoms with Crippen molar-refractivity contribution in [2.24, 2.45) is 12.9 Å². The summed E-state index contributed by atoms with van der Waals surface area (Å²) in [4.78, 5) is 0. The van der Waals surface area contributed by atoms with Gasteiger partial charge in [-0.15, -0.1) is 12.3 Å². The third-order valence-electron chi connectivity index (χ3n) is 2.21. The lowest BCUT2D eigenvalue weighted by atomic mass is 10.0. The molecule has 0 amide bonds. The number of hydrogen-bond acceptors (Lipinski definition) is 3. The van der Waals surface area contributed by atoms with Gasteiger partial charge in [-0.1, -0.05) is 0 Å². The van der Waals surface area contributed by atoms with Gasteiger partial charge in [0, 0.05) is 25.2 Å². The molecule has 1 atom stereocenters. The van der Waals surface area contributed by atoms with Crippen molar-refractivity contribution in [2.75, 3.05) is 0 Å². The molecule has 0 radical (unpaired) electrons. The van der Waals surface area contributed by atoms with Crippen LogP contribution in [0.1, 0.15) is 30.1 Å². The van der Waals surface area contributed by atoms with Crippen molar-refractivity contribution >= 4 is 0 Å². The van der Waals surface area contributed by atoms with Crippen LogP contribution in [0.25, 0.3) is 0 Å². The molecule has 0 aliphatic heterocycles. The third-order valence-corrected chi connectivity index (χ3v) is 2.21. The third kappa shape index (κ3) is 2.34. The molecule has 4 nitrogen and oxygen atoms in total. The van der Waals surface area contributed by atoms with E-state index >= 15 is 0 Å². The number of nitrogens with two attached hydrogens (primary N) is 1. The molecular weight excluding hydrogens is 176 g/mol. The number of nitrogens with zero attached hydrogens (tertiary/aromatic N) is 2. The van der Waals surface area contributed by atoms with Crippen molar-refractivity contribution in [3.8, 4) is 12.3 Å². The van der Waals surface area contributed by atoms with Gasteiger partial charge in [0.1, 0.15) is 0 Å². The maximum Gasteiger partial charge on any atom is 0.0641 e. The van der Waals surface area contributed by atoms with Crippen LogP contribution >= 0.6 is 0 Å². The number of hydrazine groups is 1. The predicted molar refractivity (Wildman–Crippen MR) is 56.1 cm³/mol. The predicted octanol–water partition coefficient (Wildman–Crippen LogP) is 0.646. The second-order valence-electron chi connectivity index (χ2n) is 3.31. The van der Waals surface area contributed by atoms with E-state index in [1.165, 1.54) is 0 Å². The molecule has 76 valence electrons. The van der Waals surface area contributed by atoms with Gasteiger partial charge in [0.25, 0.3) is 0 Å². The van der Waals surface area contributed by atoms with Gasteiger partial charge >= 0.3 is 0 Å². The summed E-state index contributed by atoms with van der Waals surface area (Å²) in [6.45, 7) is 1.97. The topological polar surface area (TPSA) is 55.9 Å². The Morgan fingerprint density at radius 1 is 1.79 bits per heavy atom. The number of aromatic nitrogens is 2. The van der Waals surface area contributed by atoms with Crippen molar-refractivity contribution in [2.45, 2.75) is 25.8 Å². The highest BCUT2D eigenvalue weighted by Crippen LogP contribution is 2.19. The van der Waals surface area contributed by atoms with E-state index in [0.29, 0.717) is 6.42 Å². The monoisotopic (exact) mass is 192 g/mol. The Morgan fingerprint density at radius 2 is 2.50 bits per heavy atom. The summed E-state index contributed by atoms with van der Waals surface area (Å²) in [5.74, 6) is 8.07. The summed E-state index contributed by atoms with van der Waals surface area (Å²) in [5, 5.41) is 4.26. The maximum absolute atomic E-state index is 5.47. The quantitative estimate of drug-likeness (QED) is 0.418. The number of nitrogens with one attached hydrogen (secondary N) is 1. The lowest BCUT2D eigenvalue weighted by Crippen LogP contribution is -2.28. The Bertz CT molecular complexity index is 334. The summed E-state index contributed by atoms with van der Waals surface area (Å²) in [5.41, 5.74) is 4.87. The normalized spacial score (nSPS) is 12.4. The second-order valence-corrected chi connectivity index (χ2v) is 3.31. The van der Waals surface area contributed by atoms with Gasteiger partial charge in [-0.05, 0) is 13.3 Å². The number of terminal acetylenes is 1. The second kappa shape index (κ2) is 4.80. The van der Waals surface area contributed by atoms with Crippen LogP contribution in [0.4, 0.5) is 0 Å². The molecule has 3 N–H and O–H groups in total. The van der Waals surface area contributed by atoms with Crippen LogP contribution in [-0.4, -0.2) is 9.78 Å². The SMILES string of the molecule is C#CCCC(NN)c1cn(C)nc1C. The van der Waals surface area contributed by atoms with Crippen LogP contribution in [0, 0.1) is 19.3 Å². The molecular formula is C10H16N4. The molecule has 0 spiro atoms. The molecule has 4 heteroatoms. The molecule has 0 saturated heterocycles. The van der Waals surface area contributed by atoms with E-state index in [1.807, 2.05) is 20.2 Å². The highest BCUT2D eigenvalue weighted by molar-refractivity contribution is 5.20. The average molecular weight is 192 g/mol. The molecule has 0 aromatic carbocycles. The highest BCUT2D eigenvalue weighted by Gasteiger charge is 2.13. The van der Waals surface area contributed by atoms with Crippen LogP contribution in [0.5, 0.6) is 0 Å². The summed E-state index contributed by atoms with van der Waals surface area (Å²) in [7, 11) is 1.89. The molecule has 0 aliphatic carbocycles. The Morgan fingerprint density at radius 3 is 2.93 bits per heavy atom. The van der Waals surface area contributed by atoms with Gasteiger partial charge in [0.2, 0.25) is 0 Å². The smallest absolute Gasteiger partial charge is 0.0641 e. The Balaban J connectivity index is 2.79. The lowest BCUT2D eigenvalue weighted by molar-refractivity contribution is 0.521. The minimum absolute atomic E-state index is 0.0970. The fraction of sp³-hybridized carbons (Fsp3) is 0.500. The van der Waals surface area contributed by atoms with Crippen LogP contribution in [0.15, 0.2) is 6.20 Å². The Kier molecular flexibility index (Phi) is 3.69. The summed E-state index contributed by atoms with van der Waals surface area (Å²) in [6, 6.07) is 0.0970. The fourth-order valence-corrected chi connectivity index (χ4v) is 1.52. The summed E-state index contributed by atoms with van der Waals surface area (Å²) in [6.07, 6.45) is 8.73.